The van der Waals surface area contributed by atoms with Gasteiger partial charge in [-0.1, -0.05) is 12.1 Å². The first-order chi connectivity index (χ1) is 12.4. The maximum atomic E-state index is 12.6. The van der Waals surface area contributed by atoms with Gasteiger partial charge in [0.05, 0.1) is 12.8 Å². The number of aromatic nitrogens is 2. The molecule has 1 heterocycles. The van der Waals surface area contributed by atoms with E-state index in [1.807, 2.05) is 0 Å². The zero-order valence-corrected chi connectivity index (χ0v) is 14.0. The lowest BCUT2D eigenvalue weighted by Gasteiger charge is -2.08. The lowest BCUT2D eigenvalue weighted by molar-refractivity contribution is -0.634. The van der Waals surface area contributed by atoms with Crippen LogP contribution in [0, 0.1) is 17.3 Å². The van der Waals surface area contributed by atoms with Crippen LogP contribution in [0.5, 0.6) is 5.75 Å². The molecule has 0 saturated heterocycles. The second kappa shape index (κ2) is 6.67. The number of methoxy groups -OCH3 is 1. The number of ether oxygens (including phenoxy) is 1. The molecule has 0 amide bonds. The van der Waals surface area contributed by atoms with Crippen molar-refractivity contribution >= 4 is 28.9 Å². The van der Waals surface area contributed by atoms with E-state index in [9.17, 15) is 20.3 Å². The Bertz CT molecular complexity index is 1050. The standard InChI is InChI=1S/C18H15N3O5/c1-11-16(21(25)15-6-4-3-5-14(15)20(11)24)10-19-12-7-8-17(22)13(9-12)18(23)26-2/h3-10,22H,1-2H3. The summed E-state index contributed by atoms with van der Waals surface area (Å²) in [4.78, 5) is 15.8. The van der Waals surface area contributed by atoms with Gasteiger partial charge in [0.2, 0.25) is 0 Å². The van der Waals surface area contributed by atoms with Crippen LogP contribution in [0.25, 0.3) is 11.0 Å². The molecule has 0 radical (unpaired) electrons. The Labute approximate surface area is 148 Å². The number of rotatable bonds is 3. The quantitative estimate of drug-likeness (QED) is 0.333. The molecule has 1 N–H and O–H groups in total. The summed E-state index contributed by atoms with van der Waals surface area (Å²) < 4.78 is 5.89. The predicted molar refractivity (Wildman–Crippen MR) is 93.3 cm³/mol. The van der Waals surface area contributed by atoms with Gasteiger partial charge in [0, 0.05) is 19.1 Å². The Balaban J connectivity index is 2.08. The van der Waals surface area contributed by atoms with Crippen molar-refractivity contribution in [3.8, 4) is 5.75 Å². The SMILES string of the molecule is COC(=O)c1cc(N=Cc2c(C)[n+]([O-])c3ccccc3[n+]2[O-])ccc1O. The van der Waals surface area contributed by atoms with Gasteiger partial charge in [-0.25, -0.2) is 9.79 Å². The van der Waals surface area contributed by atoms with E-state index in [1.54, 1.807) is 24.3 Å². The van der Waals surface area contributed by atoms with Gasteiger partial charge in [-0.15, -0.1) is 0 Å². The monoisotopic (exact) mass is 353 g/mol. The Morgan fingerprint density at radius 3 is 2.46 bits per heavy atom. The fraction of sp³-hybridized carbons (Fsp3) is 0.111. The Kier molecular flexibility index (Phi) is 4.40. The summed E-state index contributed by atoms with van der Waals surface area (Å²) in [5.41, 5.74) is 1.01. The zero-order valence-electron chi connectivity index (χ0n) is 14.0. The van der Waals surface area contributed by atoms with Crippen LogP contribution in [-0.4, -0.2) is 24.4 Å². The molecule has 8 nitrogen and oxygen atoms in total. The molecule has 132 valence electrons. The van der Waals surface area contributed by atoms with Crippen molar-refractivity contribution in [1.29, 1.82) is 0 Å². The number of aliphatic imine (C=N–C) groups is 1. The predicted octanol–water partition coefficient (Wildman–Crippen LogP) is 1.66. The molecule has 0 fully saturated rings. The highest BCUT2D eigenvalue weighted by molar-refractivity contribution is 5.93. The van der Waals surface area contributed by atoms with Gasteiger partial charge in [0.1, 0.15) is 17.5 Å². The molecule has 26 heavy (non-hydrogen) atoms. The van der Waals surface area contributed by atoms with Gasteiger partial charge in [-0.05, 0) is 18.2 Å². The molecule has 0 aliphatic rings. The van der Waals surface area contributed by atoms with Crippen LogP contribution in [0.3, 0.4) is 0 Å². The highest BCUT2D eigenvalue weighted by Gasteiger charge is 2.23. The third-order valence-electron chi connectivity index (χ3n) is 3.93. The fourth-order valence-corrected chi connectivity index (χ4v) is 2.53. The van der Waals surface area contributed by atoms with Crippen molar-refractivity contribution < 1.29 is 24.1 Å². The topological polar surface area (TPSA) is 113 Å². The maximum absolute atomic E-state index is 12.6. The van der Waals surface area contributed by atoms with Crippen molar-refractivity contribution in [2.75, 3.05) is 7.11 Å². The van der Waals surface area contributed by atoms with Crippen LogP contribution in [0.2, 0.25) is 0 Å². The molecule has 8 heteroatoms. The first-order valence-corrected chi connectivity index (χ1v) is 7.64. The molecule has 0 aliphatic heterocycles. The van der Waals surface area contributed by atoms with Gasteiger partial charge in [0.15, 0.2) is 0 Å². The minimum atomic E-state index is -0.710. The van der Waals surface area contributed by atoms with Crippen LogP contribution in [0.15, 0.2) is 47.5 Å². The largest absolute Gasteiger partial charge is 0.618 e. The summed E-state index contributed by atoms with van der Waals surface area (Å²) >= 11 is 0. The maximum Gasteiger partial charge on any atom is 0.341 e. The van der Waals surface area contributed by atoms with E-state index in [4.69, 9.17) is 0 Å². The summed E-state index contributed by atoms with van der Waals surface area (Å²) in [7, 11) is 1.20. The number of phenols is 1. The molecular formula is C18H15N3O5. The molecular weight excluding hydrogens is 338 g/mol. The number of para-hydroxylation sites is 2. The molecule has 0 bridgehead atoms. The molecule has 0 aliphatic carbocycles. The van der Waals surface area contributed by atoms with Crippen LogP contribution < -0.4 is 9.46 Å². The number of fused-ring (bicyclic) bond motifs is 1. The van der Waals surface area contributed by atoms with E-state index in [1.165, 1.54) is 38.4 Å². The fourth-order valence-electron chi connectivity index (χ4n) is 2.53. The summed E-state index contributed by atoms with van der Waals surface area (Å²) in [6.45, 7) is 1.52. The van der Waals surface area contributed by atoms with E-state index in [-0.39, 0.29) is 33.7 Å². The molecule has 0 saturated carbocycles. The molecule has 1 aromatic heterocycles. The second-order valence-corrected chi connectivity index (χ2v) is 5.50. The Morgan fingerprint density at radius 1 is 1.15 bits per heavy atom. The van der Waals surface area contributed by atoms with Gasteiger partial charge < -0.3 is 20.3 Å². The van der Waals surface area contributed by atoms with Crippen molar-refractivity contribution in [1.82, 2.24) is 0 Å². The number of benzene rings is 2. The third-order valence-corrected chi connectivity index (χ3v) is 3.93. The van der Waals surface area contributed by atoms with Crippen molar-refractivity contribution in [2.45, 2.75) is 6.92 Å². The molecule has 0 atom stereocenters. The van der Waals surface area contributed by atoms with Crippen LogP contribution in [0.1, 0.15) is 21.7 Å². The summed E-state index contributed by atoms with van der Waals surface area (Å²) in [6.07, 6.45) is 1.25. The molecule has 0 unspecified atom stereocenters. The van der Waals surface area contributed by atoms with Crippen LogP contribution >= 0.6 is 0 Å². The van der Waals surface area contributed by atoms with E-state index >= 15 is 0 Å². The summed E-state index contributed by atoms with van der Waals surface area (Å²) in [5.74, 6) is -0.952. The van der Waals surface area contributed by atoms with Crippen LogP contribution in [-0.2, 0) is 4.74 Å². The lowest BCUT2D eigenvalue weighted by Crippen LogP contribution is -2.44. The number of hydrogen-bond donors (Lipinski definition) is 1. The van der Waals surface area contributed by atoms with Crippen molar-refractivity contribution in [2.24, 2.45) is 4.99 Å². The number of carbonyl (C=O) groups excluding carboxylic acids is 1. The first-order valence-electron chi connectivity index (χ1n) is 7.64. The van der Waals surface area contributed by atoms with E-state index in [0.717, 1.165) is 0 Å². The molecule has 3 rings (SSSR count). The number of hydrogen-bond acceptors (Lipinski definition) is 6. The van der Waals surface area contributed by atoms with Gasteiger partial charge in [0.25, 0.3) is 16.7 Å². The highest BCUT2D eigenvalue weighted by Crippen LogP contribution is 2.24. The minimum Gasteiger partial charge on any atom is -0.618 e. The third kappa shape index (κ3) is 2.88. The molecule has 2 aromatic carbocycles. The Morgan fingerprint density at radius 2 is 1.81 bits per heavy atom. The number of nitrogens with zero attached hydrogens (tertiary/aromatic N) is 3. The normalized spacial score (nSPS) is 11.2. The Hall–Kier alpha value is -3.68. The zero-order chi connectivity index (χ0) is 18.8. The number of carbonyl (C=O) groups is 1. The highest BCUT2D eigenvalue weighted by atomic mass is 16.5. The van der Waals surface area contributed by atoms with E-state index < -0.39 is 5.97 Å². The van der Waals surface area contributed by atoms with Gasteiger partial charge in [-0.3, -0.25) is 0 Å². The second-order valence-electron chi connectivity index (χ2n) is 5.50. The van der Waals surface area contributed by atoms with Gasteiger partial charge in [-0.2, -0.15) is 9.46 Å². The average molecular weight is 353 g/mol. The summed E-state index contributed by atoms with van der Waals surface area (Å²) in [6, 6.07) is 10.5. The van der Waals surface area contributed by atoms with Crippen molar-refractivity contribution in [3.05, 3.63) is 69.8 Å². The van der Waals surface area contributed by atoms with Gasteiger partial charge >= 0.3 is 11.7 Å². The minimum absolute atomic E-state index is 0.0497. The number of esters is 1. The average Bonchev–Trinajstić information content (AvgIpc) is 2.66. The smallest absolute Gasteiger partial charge is 0.341 e. The molecule has 3 aromatic rings. The first kappa shape index (κ1) is 17.2. The van der Waals surface area contributed by atoms with E-state index in [2.05, 4.69) is 9.73 Å². The lowest BCUT2D eigenvalue weighted by atomic mass is 10.2. The molecule has 0 spiro atoms. The number of aromatic hydroxyl groups is 1. The summed E-state index contributed by atoms with van der Waals surface area (Å²) in [5, 5.41) is 34.6. The van der Waals surface area contributed by atoms with E-state index in [0.29, 0.717) is 15.1 Å². The number of phenolic OH excluding ortho intramolecular Hbond substituents is 1. The van der Waals surface area contributed by atoms with Crippen LogP contribution in [0.4, 0.5) is 5.69 Å². The van der Waals surface area contributed by atoms with Crippen molar-refractivity contribution in [3.63, 3.8) is 0 Å².